The Labute approximate surface area is 178 Å². The van der Waals surface area contributed by atoms with E-state index in [-0.39, 0.29) is 17.7 Å². The van der Waals surface area contributed by atoms with Crippen molar-refractivity contribution < 1.29 is 9.59 Å². The highest BCUT2D eigenvalue weighted by Gasteiger charge is 2.29. The molecular weight excluding hydrogens is 428 g/mol. The Kier molecular flexibility index (Phi) is 5.76. The summed E-state index contributed by atoms with van der Waals surface area (Å²) in [6, 6.07) is 24.5. The highest BCUT2D eigenvalue weighted by atomic mass is 79.9. The van der Waals surface area contributed by atoms with E-state index >= 15 is 0 Å². The lowest BCUT2D eigenvalue weighted by Gasteiger charge is -2.19. The van der Waals surface area contributed by atoms with Gasteiger partial charge in [0, 0.05) is 40.4 Å². The van der Waals surface area contributed by atoms with Crippen molar-refractivity contribution in [2.75, 3.05) is 18.4 Å². The molecule has 1 amide bonds. The minimum atomic E-state index is -0.139. The molecule has 146 valence electrons. The number of nitrogens with one attached hydrogen (secondary N) is 1. The van der Waals surface area contributed by atoms with Gasteiger partial charge in [0.15, 0.2) is 5.78 Å². The fourth-order valence-electron chi connectivity index (χ4n) is 3.63. The van der Waals surface area contributed by atoms with Crippen LogP contribution >= 0.6 is 15.9 Å². The lowest BCUT2D eigenvalue weighted by Crippen LogP contribution is -2.32. The summed E-state index contributed by atoms with van der Waals surface area (Å²) in [4.78, 5) is 28.0. The number of nitrogens with zero attached hydrogens (tertiary/aromatic N) is 1. The minimum absolute atomic E-state index is 0.0941. The summed E-state index contributed by atoms with van der Waals surface area (Å²) >= 11 is 3.38. The lowest BCUT2D eigenvalue weighted by molar-refractivity contribution is 0.0787. The number of likely N-dealkylation sites (tertiary alicyclic amines) is 1. The molecule has 4 rings (SSSR count). The third-order valence-corrected chi connectivity index (χ3v) is 5.66. The van der Waals surface area contributed by atoms with Crippen molar-refractivity contribution in [2.45, 2.75) is 12.5 Å². The van der Waals surface area contributed by atoms with E-state index in [4.69, 9.17) is 0 Å². The van der Waals surface area contributed by atoms with Crippen LogP contribution in [0, 0.1) is 0 Å². The molecule has 1 N–H and O–H groups in total. The number of ketones is 1. The summed E-state index contributed by atoms with van der Waals surface area (Å²) in [6.45, 7) is 1.29. The summed E-state index contributed by atoms with van der Waals surface area (Å²) in [6.07, 6.45) is 0.878. The Balaban J connectivity index is 1.51. The first-order valence-corrected chi connectivity index (χ1v) is 10.4. The van der Waals surface area contributed by atoms with E-state index in [0.29, 0.717) is 29.8 Å². The van der Waals surface area contributed by atoms with Crippen molar-refractivity contribution in [1.29, 1.82) is 0 Å². The SMILES string of the molecule is O=C(c1ccc(Br)cc1)c1ccccc1C(=O)N1CCC(Nc2ccccc2)C1. The smallest absolute Gasteiger partial charge is 0.254 e. The lowest BCUT2D eigenvalue weighted by atomic mass is 9.97. The summed E-state index contributed by atoms with van der Waals surface area (Å²) in [5.74, 6) is -0.233. The van der Waals surface area contributed by atoms with Crippen molar-refractivity contribution >= 4 is 33.3 Å². The van der Waals surface area contributed by atoms with Gasteiger partial charge >= 0.3 is 0 Å². The number of benzene rings is 3. The maximum Gasteiger partial charge on any atom is 0.254 e. The molecule has 1 unspecified atom stereocenters. The van der Waals surface area contributed by atoms with Gasteiger partial charge in [0.2, 0.25) is 0 Å². The third kappa shape index (κ3) is 4.40. The van der Waals surface area contributed by atoms with E-state index in [0.717, 1.165) is 16.6 Å². The topological polar surface area (TPSA) is 49.4 Å². The Bertz CT molecular complexity index is 1020. The zero-order valence-electron chi connectivity index (χ0n) is 15.8. The van der Waals surface area contributed by atoms with Gasteiger partial charge in [0.05, 0.1) is 5.56 Å². The van der Waals surface area contributed by atoms with E-state index in [1.807, 2.05) is 47.4 Å². The van der Waals surface area contributed by atoms with Crippen LogP contribution in [0.1, 0.15) is 32.7 Å². The number of carbonyl (C=O) groups excluding carboxylic acids is 2. The Morgan fingerprint density at radius 2 is 1.52 bits per heavy atom. The van der Waals surface area contributed by atoms with E-state index in [9.17, 15) is 9.59 Å². The Morgan fingerprint density at radius 3 is 2.24 bits per heavy atom. The first kappa shape index (κ1) is 19.4. The average molecular weight is 449 g/mol. The van der Waals surface area contributed by atoms with E-state index in [2.05, 4.69) is 21.2 Å². The average Bonchev–Trinajstić information content (AvgIpc) is 3.22. The van der Waals surface area contributed by atoms with Gasteiger partial charge in [-0.3, -0.25) is 9.59 Å². The van der Waals surface area contributed by atoms with Crippen LogP contribution in [-0.4, -0.2) is 35.7 Å². The van der Waals surface area contributed by atoms with Crippen LogP contribution < -0.4 is 5.32 Å². The van der Waals surface area contributed by atoms with Crippen molar-refractivity contribution in [2.24, 2.45) is 0 Å². The number of halogens is 1. The van der Waals surface area contributed by atoms with Crippen molar-refractivity contribution in [3.8, 4) is 0 Å². The fraction of sp³-hybridized carbons (Fsp3) is 0.167. The van der Waals surface area contributed by atoms with Gasteiger partial charge in [-0.2, -0.15) is 0 Å². The second-order valence-corrected chi connectivity index (χ2v) is 8.04. The molecule has 1 heterocycles. The first-order valence-electron chi connectivity index (χ1n) is 9.62. The molecule has 0 spiro atoms. The van der Waals surface area contributed by atoms with Crippen LogP contribution in [0.5, 0.6) is 0 Å². The Morgan fingerprint density at radius 1 is 0.862 bits per heavy atom. The van der Waals surface area contributed by atoms with Gasteiger partial charge in [-0.1, -0.05) is 52.3 Å². The summed E-state index contributed by atoms with van der Waals surface area (Å²) < 4.78 is 0.910. The zero-order valence-corrected chi connectivity index (χ0v) is 17.4. The number of rotatable bonds is 5. The zero-order chi connectivity index (χ0) is 20.2. The van der Waals surface area contributed by atoms with Crippen molar-refractivity contribution in [3.05, 3.63) is 100 Å². The number of hydrogen-bond acceptors (Lipinski definition) is 3. The molecule has 5 heteroatoms. The van der Waals surface area contributed by atoms with Gasteiger partial charge in [-0.15, -0.1) is 0 Å². The molecule has 1 aliphatic rings. The van der Waals surface area contributed by atoms with E-state index < -0.39 is 0 Å². The van der Waals surface area contributed by atoms with Gasteiger partial charge in [0.1, 0.15) is 0 Å². The molecule has 0 saturated carbocycles. The molecule has 3 aromatic rings. The maximum atomic E-state index is 13.2. The normalized spacial score (nSPS) is 15.9. The van der Waals surface area contributed by atoms with Crippen LogP contribution in [-0.2, 0) is 0 Å². The largest absolute Gasteiger partial charge is 0.380 e. The van der Waals surface area contributed by atoms with Gasteiger partial charge in [0.25, 0.3) is 5.91 Å². The molecule has 0 radical (unpaired) electrons. The van der Waals surface area contributed by atoms with Crippen LogP contribution in [0.2, 0.25) is 0 Å². The van der Waals surface area contributed by atoms with Crippen LogP contribution in [0.15, 0.2) is 83.3 Å². The molecule has 0 aromatic heterocycles. The van der Waals surface area contributed by atoms with Gasteiger partial charge in [-0.05, 0) is 48.9 Å². The highest BCUT2D eigenvalue weighted by Crippen LogP contribution is 2.22. The maximum absolute atomic E-state index is 13.2. The van der Waals surface area contributed by atoms with E-state index in [1.54, 1.807) is 36.4 Å². The predicted molar refractivity (Wildman–Crippen MR) is 118 cm³/mol. The predicted octanol–water partition coefficient (Wildman–Crippen LogP) is 5.01. The molecule has 29 heavy (non-hydrogen) atoms. The second-order valence-electron chi connectivity index (χ2n) is 7.13. The third-order valence-electron chi connectivity index (χ3n) is 5.13. The fourth-order valence-corrected chi connectivity index (χ4v) is 3.89. The van der Waals surface area contributed by atoms with Crippen LogP contribution in [0.25, 0.3) is 0 Å². The summed E-state index contributed by atoms with van der Waals surface area (Å²) in [5.41, 5.74) is 2.52. The van der Waals surface area contributed by atoms with Crippen LogP contribution in [0.3, 0.4) is 0 Å². The molecule has 0 bridgehead atoms. The molecule has 3 aromatic carbocycles. The number of hydrogen-bond donors (Lipinski definition) is 1. The summed E-state index contributed by atoms with van der Waals surface area (Å²) in [7, 11) is 0. The first-order chi connectivity index (χ1) is 14.1. The number of para-hydroxylation sites is 1. The molecule has 0 aliphatic carbocycles. The Hall–Kier alpha value is -2.92. The van der Waals surface area contributed by atoms with Gasteiger partial charge in [-0.25, -0.2) is 0 Å². The molecule has 4 nitrogen and oxygen atoms in total. The summed E-state index contributed by atoms with van der Waals surface area (Å²) in [5, 5.41) is 3.48. The molecule has 1 atom stereocenters. The van der Waals surface area contributed by atoms with Crippen molar-refractivity contribution in [1.82, 2.24) is 4.90 Å². The molecular formula is C24H21BrN2O2. The minimum Gasteiger partial charge on any atom is -0.380 e. The molecule has 1 fully saturated rings. The van der Waals surface area contributed by atoms with Gasteiger partial charge < -0.3 is 10.2 Å². The van der Waals surface area contributed by atoms with Crippen LogP contribution in [0.4, 0.5) is 5.69 Å². The number of anilines is 1. The van der Waals surface area contributed by atoms with Crippen molar-refractivity contribution in [3.63, 3.8) is 0 Å². The highest BCUT2D eigenvalue weighted by molar-refractivity contribution is 9.10. The monoisotopic (exact) mass is 448 g/mol. The molecule has 1 aliphatic heterocycles. The number of amides is 1. The quantitative estimate of drug-likeness (QED) is 0.558. The van der Waals surface area contributed by atoms with E-state index in [1.165, 1.54) is 0 Å². The standard InChI is InChI=1S/C24H21BrN2O2/c25-18-12-10-17(11-13-18)23(28)21-8-4-5-9-22(21)24(29)27-15-14-20(16-27)26-19-6-2-1-3-7-19/h1-13,20,26H,14-16H2. The molecule has 1 saturated heterocycles. The second kappa shape index (κ2) is 8.62. The number of carbonyl (C=O) groups is 2.